The van der Waals surface area contributed by atoms with Crippen LogP contribution in [0.1, 0.15) is 18.0 Å². The van der Waals surface area contributed by atoms with Crippen LogP contribution in [0, 0.1) is 5.92 Å². The molecule has 7 nitrogen and oxygen atoms in total. The minimum absolute atomic E-state index is 0.0871. The van der Waals surface area contributed by atoms with Crippen molar-refractivity contribution in [3.8, 4) is 23.0 Å². The van der Waals surface area contributed by atoms with E-state index >= 15 is 0 Å². The molecule has 1 aliphatic heterocycles. The number of carbonyl (C=O) groups excluding carboxylic acids is 2. The van der Waals surface area contributed by atoms with Crippen LogP contribution in [0.4, 0.5) is 11.4 Å². The Balaban J connectivity index is 1.39. The Morgan fingerprint density at radius 1 is 0.737 bits per heavy atom. The Morgan fingerprint density at radius 3 is 1.89 bits per heavy atom. The zero-order chi connectivity index (χ0) is 26.5. The molecule has 2 atom stereocenters. The van der Waals surface area contributed by atoms with Gasteiger partial charge in [0, 0.05) is 17.8 Å². The molecular formula is C31H28N2O5. The van der Waals surface area contributed by atoms with Gasteiger partial charge in [0.25, 0.3) is 0 Å². The standard InChI is InChI=1S/C31H28N2O5/c1-36-24-14-8-21(9-15-24)30-28(20-29(34)33(30)23-12-18-25(37-2)19-13-23)31(35)32-22-10-16-27(17-11-22)38-26-6-4-3-5-7-26/h3-19,28,30H,20H2,1-2H3,(H,32,35)/t28-,30+/m1/s1. The summed E-state index contributed by atoms with van der Waals surface area (Å²) in [6.45, 7) is 0. The molecule has 0 bridgehead atoms. The van der Waals surface area contributed by atoms with Gasteiger partial charge in [-0.1, -0.05) is 30.3 Å². The van der Waals surface area contributed by atoms with Crippen molar-refractivity contribution in [2.45, 2.75) is 12.5 Å². The number of para-hydroxylation sites is 1. The van der Waals surface area contributed by atoms with Crippen molar-refractivity contribution in [2.75, 3.05) is 24.4 Å². The number of ether oxygens (including phenoxy) is 3. The van der Waals surface area contributed by atoms with Gasteiger partial charge in [-0.2, -0.15) is 0 Å². The molecule has 1 saturated heterocycles. The van der Waals surface area contributed by atoms with E-state index in [2.05, 4.69) is 5.32 Å². The van der Waals surface area contributed by atoms with Crippen molar-refractivity contribution in [3.05, 3.63) is 109 Å². The minimum Gasteiger partial charge on any atom is -0.497 e. The number of benzene rings is 4. The van der Waals surface area contributed by atoms with Crippen molar-refractivity contribution >= 4 is 23.2 Å². The van der Waals surface area contributed by atoms with Gasteiger partial charge in [-0.15, -0.1) is 0 Å². The van der Waals surface area contributed by atoms with Crippen molar-refractivity contribution in [3.63, 3.8) is 0 Å². The molecule has 1 N–H and O–H groups in total. The first-order valence-electron chi connectivity index (χ1n) is 12.3. The Kier molecular flexibility index (Phi) is 7.26. The second-order valence-corrected chi connectivity index (χ2v) is 8.92. The third-order valence-electron chi connectivity index (χ3n) is 6.57. The van der Waals surface area contributed by atoms with Gasteiger partial charge in [0.15, 0.2) is 0 Å². The number of nitrogens with zero attached hydrogens (tertiary/aromatic N) is 1. The average molecular weight is 509 g/mol. The Hall–Kier alpha value is -4.78. The summed E-state index contributed by atoms with van der Waals surface area (Å²) < 4.78 is 16.4. The second-order valence-electron chi connectivity index (χ2n) is 8.92. The molecule has 1 aliphatic rings. The number of amides is 2. The fourth-order valence-corrected chi connectivity index (χ4v) is 4.67. The highest BCUT2D eigenvalue weighted by atomic mass is 16.5. The highest BCUT2D eigenvalue weighted by Crippen LogP contribution is 2.42. The molecule has 1 heterocycles. The number of carbonyl (C=O) groups is 2. The van der Waals surface area contributed by atoms with Crippen LogP contribution in [0.3, 0.4) is 0 Å². The van der Waals surface area contributed by atoms with Crippen molar-refractivity contribution in [1.82, 2.24) is 0 Å². The first kappa shape index (κ1) is 24.9. The summed E-state index contributed by atoms with van der Waals surface area (Å²) in [6, 6.07) is 30.9. The summed E-state index contributed by atoms with van der Waals surface area (Å²) in [5.74, 6) is 1.83. The summed E-state index contributed by atoms with van der Waals surface area (Å²) in [7, 11) is 3.20. The lowest BCUT2D eigenvalue weighted by atomic mass is 9.92. The smallest absolute Gasteiger partial charge is 0.230 e. The number of hydrogen-bond donors (Lipinski definition) is 1. The first-order chi connectivity index (χ1) is 18.6. The van der Waals surface area contributed by atoms with Crippen LogP contribution in [-0.4, -0.2) is 26.0 Å². The van der Waals surface area contributed by atoms with E-state index in [1.165, 1.54) is 0 Å². The van der Waals surface area contributed by atoms with Crippen molar-refractivity contribution in [1.29, 1.82) is 0 Å². The summed E-state index contributed by atoms with van der Waals surface area (Å²) in [4.78, 5) is 28.5. The van der Waals surface area contributed by atoms with Gasteiger partial charge < -0.3 is 24.4 Å². The van der Waals surface area contributed by atoms with Crippen LogP contribution in [-0.2, 0) is 9.59 Å². The van der Waals surface area contributed by atoms with Gasteiger partial charge in [0.05, 0.1) is 26.2 Å². The molecule has 0 radical (unpaired) electrons. The molecular weight excluding hydrogens is 480 g/mol. The number of rotatable bonds is 8. The third kappa shape index (κ3) is 5.32. The van der Waals surface area contributed by atoms with Crippen LogP contribution in [0.15, 0.2) is 103 Å². The SMILES string of the molecule is COc1ccc([C@H]2[C@H](C(=O)Nc3ccc(Oc4ccccc4)cc3)CC(=O)N2c2ccc(OC)cc2)cc1. The van der Waals surface area contributed by atoms with Crippen LogP contribution < -0.4 is 24.4 Å². The molecule has 4 aromatic carbocycles. The highest BCUT2D eigenvalue weighted by Gasteiger charge is 2.45. The van der Waals surface area contributed by atoms with Gasteiger partial charge in [-0.05, 0) is 78.4 Å². The molecule has 0 spiro atoms. The van der Waals surface area contributed by atoms with Gasteiger partial charge in [-0.3, -0.25) is 9.59 Å². The Morgan fingerprint density at radius 2 is 1.29 bits per heavy atom. The largest absolute Gasteiger partial charge is 0.497 e. The number of methoxy groups -OCH3 is 2. The normalized spacial score (nSPS) is 16.7. The molecule has 0 saturated carbocycles. The van der Waals surface area contributed by atoms with E-state index in [1.807, 2.05) is 66.7 Å². The lowest BCUT2D eigenvalue weighted by molar-refractivity contribution is -0.122. The molecule has 5 rings (SSSR count). The maximum absolute atomic E-state index is 13.6. The molecule has 0 unspecified atom stereocenters. The average Bonchev–Trinajstić information content (AvgIpc) is 3.31. The predicted molar refractivity (Wildman–Crippen MR) is 146 cm³/mol. The van der Waals surface area contributed by atoms with Gasteiger partial charge >= 0.3 is 0 Å². The highest BCUT2D eigenvalue weighted by molar-refractivity contribution is 6.04. The van der Waals surface area contributed by atoms with Crippen molar-refractivity contribution < 1.29 is 23.8 Å². The van der Waals surface area contributed by atoms with Crippen LogP contribution in [0.5, 0.6) is 23.0 Å². The molecule has 192 valence electrons. The van der Waals surface area contributed by atoms with Gasteiger partial charge in [0.1, 0.15) is 23.0 Å². The third-order valence-corrected chi connectivity index (χ3v) is 6.57. The van der Waals surface area contributed by atoms with E-state index in [1.54, 1.807) is 55.5 Å². The molecule has 2 amide bonds. The van der Waals surface area contributed by atoms with Gasteiger partial charge in [-0.25, -0.2) is 0 Å². The van der Waals surface area contributed by atoms with E-state index in [-0.39, 0.29) is 18.2 Å². The molecule has 38 heavy (non-hydrogen) atoms. The van der Waals surface area contributed by atoms with Crippen LogP contribution in [0.25, 0.3) is 0 Å². The molecule has 1 fully saturated rings. The van der Waals surface area contributed by atoms with E-state index in [4.69, 9.17) is 14.2 Å². The Labute approximate surface area is 221 Å². The summed E-state index contributed by atoms with van der Waals surface area (Å²) in [5.41, 5.74) is 2.17. The molecule has 0 aliphatic carbocycles. The molecule has 0 aromatic heterocycles. The second kappa shape index (κ2) is 11.1. The first-order valence-corrected chi connectivity index (χ1v) is 12.3. The monoisotopic (exact) mass is 508 g/mol. The fraction of sp³-hybridized carbons (Fsp3) is 0.161. The van der Waals surface area contributed by atoms with Crippen LogP contribution >= 0.6 is 0 Å². The zero-order valence-electron chi connectivity index (χ0n) is 21.2. The van der Waals surface area contributed by atoms with E-state index in [0.717, 1.165) is 11.3 Å². The van der Waals surface area contributed by atoms with Gasteiger partial charge in [0.2, 0.25) is 11.8 Å². The fourth-order valence-electron chi connectivity index (χ4n) is 4.67. The summed E-state index contributed by atoms with van der Waals surface area (Å²) in [5, 5.41) is 2.99. The molecule has 4 aromatic rings. The summed E-state index contributed by atoms with van der Waals surface area (Å²) in [6.07, 6.45) is 0.0871. The van der Waals surface area contributed by atoms with Crippen molar-refractivity contribution in [2.24, 2.45) is 5.92 Å². The lowest BCUT2D eigenvalue weighted by Crippen LogP contribution is -2.32. The number of hydrogen-bond acceptors (Lipinski definition) is 5. The number of nitrogens with one attached hydrogen (secondary N) is 1. The van der Waals surface area contributed by atoms with Crippen LogP contribution in [0.2, 0.25) is 0 Å². The van der Waals surface area contributed by atoms with E-state index in [9.17, 15) is 9.59 Å². The zero-order valence-corrected chi connectivity index (χ0v) is 21.2. The Bertz CT molecular complexity index is 1390. The molecule has 7 heteroatoms. The maximum Gasteiger partial charge on any atom is 0.230 e. The maximum atomic E-state index is 13.6. The quantitative estimate of drug-likeness (QED) is 0.305. The predicted octanol–water partition coefficient (Wildman–Crippen LogP) is 6.23. The van der Waals surface area contributed by atoms with E-state index in [0.29, 0.717) is 28.6 Å². The van der Waals surface area contributed by atoms with E-state index < -0.39 is 12.0 Å². The number of anilines is 2. The lowest BCUT2D eigenvalue weighted by Gasteiger charge is -2.28. The topological polar surface area (TPSA) is 77.1 Å². The minimum atomic E-state index is -0.599. The summed E-state index contributed by atoms with van der Waals surface area (Å²) >= 11 is 0.